The summed E-state index contributed by atoms with van der Waals surface area (Å²) in [4.78, 5) is 9.43. The molecule has 0 atom stereocenters. The fourth-order valence-electron chi connectivity index (χ4n) is 3.89. The van der Waals surface area contributed by atoms with Crippen LogP contribution in [0.5, 0.6) is 0 Å². The maximum Gasteiger partial charge on any atom is 0.191 e. The number of nitrogens with one attached hydrogen (secondary N) is 2. The second kappa shape index (κ2) is 11.7. The molecule has 0 bridgehead atoms. The Labute approximate surface area is 195 Å². The van der Waals surface area contributed by atoms with Gasteiger partial charge in [-0.2, -0.15) is 0 Å². The van der Waals surface area contributed by atoms with Crippen LogP contribution in [-0.2, 0) is 5.41 Å². The molecule has 3 rings (SSSR count). The topological polar surface area (TPSA) is 42.9 Å². The Morgan fingerprint density at radius 1 is 1.14 bits per heavy atom. The van der Waals surface area contributed by atoms with Gasteiger partial charge in [0, 0.05) is 43.1 Å². The van der Waals surface area contributed by atoms with Crippen LogP contribution in [0.25, 0.3) is 0 Å². The molecule has 2 fully saturated rings. The molecule has 1 aliphatic carbocycles. The van der Waals surface area contributed by atoms with Crippen molar-refractivity contribution in [2.75, 3.05) is 59.9 Å². The predicted molar refractivity (Wildman–Crippen MR) is 133 cm³/mol. The van der Waals surface area contributed by atoms with E-state index in [1.54, 1.807) is 0 Å². The summed E-state index contributed by atoms with van der Waals surface area (Å²) < 4.78 is 1.22. The summed E-state index contributed by atoms with van der Waals surface area (Å²) in [6.07, 6.45) is 4.91. The van der Waals surface area contributed by atoms with Crippen LogP contribution in [0.1, 0.15) is 31.2 Å². The number of hydrogen-bond donors (Lipinski definition) is 2. The molecule has 2 aliphatic rings. The first kappa shape index (κ1) is 23.9. The minimum atomic E-state index is 0. The van der Waals surface area contributed by atoms with Gasteiger partial charge in [-0.3, -0.25) is 4.99 Å². The number of hydrogen-bond acceptors (Lipinski definition) is 3. The average Bonchev–Trinajstić information content (AvgIpc) is 3.48. The lowest BCUT2D eigenvalue weighted by Crippen LogP contribution is -2.42. The Kier molecular flexibility index (Phi) is 10.00. The van der Waals surface area contributed by atoms with E-state index in [0.717, 1.165) is 25.5 Å². The van der Waals surface area contributed by atoms with E-state index < -0.39 is 0 Å². The van der Waals surface area contributed by atoms with Crippen LogP contribution in [0.4, 0.5) is 0 Å². The van der Waals surface area contributed by atoms with Gasteiger partial charge in [0.2, 0.25) is 0 Å². The molecule has 0 aromatic heterocycles. The molecule has 28 heavy (non-hydrogen) atoms. The van der Waals surface area contributed by atoms with Crippen molar-refractivity contribution in [2.24, 2.45) is 4.99 Å². The van der Waals surface area contributed by atoms with Crippen LogP contribution in [0, 0.1) is 0 Å². The molecule has 0 spiro atoms. The van der Waals surface area contributed by atoms with Crippen molar-refractivity contribution < 1.29 is 0 Å². The van der Waals surface area contributed by atoms with E-state index in [0.29, 0.717) is 0 Å². The van der Waals surface area contributed by atoms with Gasteiger partial charge in [-0.25, -0.2) is 0 Å². The Morgan fingerprint density at radius 2 is 1.93 bits per heavy atom. The standard InChI is InChI=1S/C21H34BrN5.HI/c1-23-20(24-11-5-13-27-14-6-12-26(2)15-16-27)25-17-21(9-10-21)18-7-3-4-8-19(18)22;/h3-4,7-8H,5-6,9-17H2,1-2H3,(H2,23,24,25);1H. The van der Waals surface area contributed by atoms with Crippen LogP contribution in [-0.4, -0.2) is 75.7 Å². The lowest BCUT2D eigenvalue weighted by Gasteiger charge is -2.22. The molecule has 1 saturated carbocycles. The van der Waals surface area contributed by atoms with Gasteiger partial charge >= 0.3 is 0 Å². The second-order valence-corrected chi connectivity index (χ2v) is 8.82. The molecule has 2 N–H and O–H groups in total. The van der Waals surface area contributed by atoms with E-state index in [4.69, 9.17) is 0 Å². The third-order valence-electron chi connectivity index (χ3n) is 5.87. The first-order chi connectivity index (χ1) is 13.1. The van der Waals surface area contributed by atoms with Crippen molar-refractivity contribution in [2.45, 2.75) is 31.1 Å². The van der Waals surface area contributed by atoms with Crippen molar-refractivity contribution in [1.29, 1.82) is 0 Å². The summed E-state index contributed by atoms with van der Waals surface area (Å²) in [6, 6.07) is 8.60. The van der Waals surface area contributed by atoms with Crippen molar-refractivity contribution in [3.8, 4) is 0 Å². The third-order valence-corrected chi connectivity index (χ3v) is 6.56. The van der Waals surface area contributed by atoms with Crippen LogP contribution in [0.2, 0.25) is 0 Å². The van der Waals surface area contributed by atoms with Gasteiger partial charge in [-0.05, 0) is 64.0 Å². The van der Waals surface area contributed by atoms with Crippen molar-refractivity contribution in [3.05, 3.63) is 34.3 Å². The number of aliphatic imine (C=N–C) groups is 1. The summed E-state index contributed by atoms with van der Waals surface area (Å²) in [5.41, 5.74) is 1.68. The maximum absolute atomic E-state index is 4.41. The number of likely N-dealkylation sites (N-methyl/N-ethyl adjacent to an activating group) is 1. The van der Waals surface area contributed by atoms with E-state index in [1.165, 1.54) is 62.0 Å². The monoisotopic (exact) mass is 563 g/mol. The van der Waals surface area contributed by atoms with Gasteiger partial charge in [-0.15, -0.1) is 24.0 Å². The maximum atomic E-state index is 4.41. The lowest BCUT2D eigenvalue weighted by molar-refractivity contribution is 0.274. The number of guanidine groups is 1. The molecule has 0 unspecified atom stereocenters. The highest BCUT2D eigenvalue weighted by atomic mass is 127. The number of benzene rings is 1. The predicted octanol–water partition coefficient (Wildman–Crippen LogP) is 3.29. The summed E-state index contributed by atoms with van der Waals surface area (Å²) in [6.45, 7) is 7.91. The molecular weight excluding hydrogens is 529 g/mol. The zero-order chi connectivity index (χ0) is 19.1. The molecular formula is C21H35BrIN5. The van der Waals surface area contributed by atoms with Crippen LogP contribution in [0.15, 0.2) is 33.7 Å². The molecule has 5 nitrogen and oxygen atoms in total. The van der Waals surface area contributed by atoms with Crippen molar-refractivity contribution in [1.82, 2.24) is 20.4 Å². The highest BCUT2D eigenvalue weighted by molar-refractivity contribution is 14.0. The van der Waals surface area contributed by atoms with Crippen LogP contribution in [0.3, 0.4) is 0 Å². The fraction of sp³-hybridized carbons (Fsp3) is 0.667. The molecule has 1 aromatic rings. The highest BCUT2D eigenvalue weighted by Crippen LogP contribution is 2.49. The van der Waals surface area contributed by atoms with Crippen LogP contribution < -0.4 is 10.6 Å². The van der Waals surface area contributed by atoms with Gasteiger partial charge in [0.15, 0.2) is 5.96 Å². The van der Waals surface area contributed by atoms with E-state index in [1.807, 2.05) is 7.05 Å². The summed E-state index contributed by atoms with van der Waals surface area (Å²) in [5, 5.41) is 7.04. The summed E-state index contributed by atoms with van der Waals surface area (Å²) in [7, 11) is 4.08. The van der Waals surface area contributed by atoms with E-state index in [2.05, 4.69) is 72.7 Å². The average molecular weight is 564 g/mol. The van der Waals surface area contributed by atoms with Crippen LogP contribution >= 0.6 is 39.9 Å². The van der Waals surface area contributed by atoms with Gasteiger partial charge in [0.05, 0.1) is 0 Å². The smallest absolute Gasteiger partial charge is 0.191 e. The van der Waals surface area contributed by atoms with Gasteiger partial charge in [-0.1, -0.05) is 34.1 Å². The number of rotatable bonds is 7. The molecule has 158 valence electrons. The Hall–Kier alpha value is -0.380. The van der Waals surface area contributed by atoms with E-state index >= 15 is 0 Å². The number of nitrogens with zero attached hydrogens (tertiary/aromatic N) is 3. The first-order valence-electron chi connectivity index (χ1n) is 10.2. The quantitative estimate of drug-likeness (QED) is 0.231. The highest BCUT2D eigenvalue weighted by Gasteiger charge is 2.45. The van der Waals surface area contributed by atoms with Crippen molar-refractivity contribution in [3.63, 3.8) is 0 Å². The number of halogens is 2. The zero-order valence-corrected chi connectivity index (χ0v) is 21.1. The van der Waals surface area contributed by atoms with Gasteiger partial charge < -0.3 is 20.4 Å². The van der Waals surface area contributed by atoms with E-state index in [9.17, 15) is 0 Å². The minimum Gasteiger partial charge on any atom is -0.356 e. The molecule has 0 radical (unpaired) electrons. The molecule has 1 aliphatic heterocycles. The molecule has 1 saturated heterocycles. The molecule has 1 heterocycles. The minimum absolute atomic E-state index is 0. The Balaban J connectivity index is 0.00000280. The largest absolute Gasteiger partial charge is 0.356 e. The Morgan fingerprint density at radius 3 is 2.64 bits per heavy atom. The van der Waals surface area contributed by atoms with Gasteiger partial charge in [0.1, 0.15) is 0 Å². The summed E-state index contributed by atoms with van der Waals surface area (Å²) >= 11 is 3.71. The molecule has 1 aromatic carbocycles. The van der Waals surface area contributed by atoms with Crippen molar-refractivity contribution >= 4 is 45.9 Å². The van der Waals surface area contributed by atoms with Gasteiger partial charge in [0.25, 0.3) is 0 Å². The Bertz CT molecular complexity index is 635. The second-order valence-electron chi connectivity index (χ2n) is 7.96. The normalized spacial score (nSPS) is 20.2. The molecule has 7 heteroatoms. The SMILES string of the molecule is CN=C(NCCCN1CCCN(C)CC1)NCC1(c2ccccc2Br)CC1.I. The fourth-order valence-corrected chi connectivity index (χ4v) is 4.60. The third kappa shape index (κ3) is 6.85. The first-order valence-corrected chi connectivity index (χ1v) is 11.0. The molecule has 0 amide bonds. The lowest BCUT2D eigenvalue weighted by atomic mass is 9.96. The summed E-state index contributed by atoms with van der Waals surface area (Å²) in [5.74, 6) is 0.920. The van der Waals surface area contributed by atoms with E-state index in [-0.39, 0.29) is 29.4 Å². The zero-order valence-electron chi connectivity index (χ0n) is 17.2.